The second-order valence-electron chi connectivity index (χ2n) is 5.67. The average Bonchev–Trinajstić information content (AvgIpc) is 2.36. The van der Waals surface area contributed by atoms with Crippen molar-refractivity contribution >= 4 is 0 Å². The van der Waals surface area contributed by atoms with Crippen molar-refractivity contribution in [2.45, 2.75) is 53.0 Å². The molecule has 0 aliphatic carbocycles. The quantitative estimate of drug-likeness (QED) is 0.456. The SMILES string of the molecule is CCC(C)C([O][Cu][O]C(C(C)CC)N(C)C)N(C)C. The molecule has 0 aliphatic heterocycles. The first-order chi connectivity index (χ1) is 8.84. The summed E-state index contributed by atoms with van der Waals surface area (Å²) in [6.45, 7) is 8.75. The zero-order valence-corrected chi connectivity index (χ0v) is 14.7. The third-order valence-electron chi connectivity index (χ3n) is 3.48. The molecule has 0 fully saturated rings. The van der Waals surface area contributed by atoms with Crippen molar-refractivity contribution in [1.82, 2.24) is 9.80 Å². The molecule has 0 bridgehead atoms. The van der Waals surface area contributed by atoms with E-state index >= 15 is 0 Å². The van der Waals surface area contributed by atoms with Crippen LogP contribution in [0.1, 0.15) is 40.5 Å². The van der Waals surface area contributed by atoms with Crippen LogP contribution in [0.15, 0.2) is 0 Å². The summed E-state index contributed by atoms with van der Waals surface area (Å²) in [7, 11) is 8.14. The van der Waals surface area contributed by atoms with E-state index in [1.165, 1.54) is 15.6 Å². The summed E-state index contributed by atoms with van der Waals surface area (Å²) in [6.07, 6.45) is 2.32. The van der Waals surface area contributed by atoms with Crippen LogP contribution in [-0.4, -0.2) is 50.4 Å². The molecule has 5 heteroatoms. The third-order valence-corrected chi connectivity index (χ3v) is 4.12. The van der Waals surface area contributed by atoms with Crippen molar-refractivity contribution in [1.29, 1.82) is 0 Å². The van der Waals surface area contributed by atoms with Crippen molar-refractivity contribution in [3.8, 4) is 0 Å². The van der Waals surface area contributed by atoms with E-state index in [0.29, 0.717) is 11.8 Å². The van der Waals surface area contributed by atoms with Gasteiger partial charge in [0.2, 0.25) is 0 Å². The summed E-state index contributed by atoms with van der Waals surface area (Å²) in [5.41, 5.74) is 0. The molecule has 4 nitrogen and oxygen atoms in total. The minimum atomic E-state index is 0.0738. The normalized spacial score (nSPS) is 18.8. The van der Waals surface area contributed by atoms with Gasteiger partial charge in [0.25, 0.3) is 0 Å². The Morgan fingerprint density at radius 3 is 1.32 bits per heavy atom. The van der Waals surface area contributed by atoms with Gasteiger partial charge in [0.05, 0.1) is 0 Å². The second kappa shape index (κ2) is 10.1. The summed E-state index contributed by atoms with van der Waals surface area (Å²) in [5, 5.41) is 0. The molecular formula is C14H32CuN2O2. The summed E-state index contributed by atoms with van der Waals surface area (Å²) >= 11 is 1.23. The van der Waals surface area contributed by atoms with E-state index in [1.807, 2.05) is 28.2 Å². The molecule has 19 heavy (non-hydrogen) atoms. The van der Waals surface area contributed by atoms with E-state index < -0.39 is 0 Å². The van der Waals surface area contributed by atoms with E-state index in [-0.39, 0.29) is 12.5 Å². The predicted octanol–water partition coefficient (Wildman–Crippen LogP) is 2.80. The molecule has 0 heterocycles. The average molecular weight is 324 g/mol. The number of nitrogens with zero attached hydrogens (tertiary/aromatic N) is 2. The molecular weight excluding hydrogens is 292 g/mol. The molecule has 0 amide bonds. The topological polar surface area (TPSA) is 24.9 Å². The fourth-order valence-corrected chi connectivity index (χ4v) is 2.84. The molecule has 0 radical (unpaired) electrons. The van der Waals surface area contributed by atoms with Crippen LogP contribution >= 0.6 is 0 Å². The Morgan fingerprint density at radius 2 is 1.11 bits per heavy atom. The second-order valence-corrected chi connectivity index (χ2v) is 6.27. The molecule has 0 rings (SSSR count). The van der Waals surface area contributed by atoms with E-state index in [2.05, 4.69) is 37.5 Å². The van der Waals surface area contributed by atoms with Crippen LogP contribution in [0.3, 0.4) is 0 Å². The van der Waals surface area contributed by atoms with Crippen LogP contribution in [0.4, 0.5) is 0 Å². The summed E-state index contributed by atoms with van der Waals surface area (Å²) in [6, 6.07) is 0. The van der Waals surface area contributed by atoms with Gasteiger partial charge in [0, 0.05) is 0 Å². The molecule has 0 aromatic carbocycles. The Kier molecular flexibility index (Phi) is 10.3. The number of rotatable bonds is 10. The summed E-state index contributed by atoms with van der Waals surface area (Å²) in [5.74, 6) is 0.953. The van der Waals surface area contributed by atoms with Crippen molar-refractivity contribution in [2.24, 2.45) is 11.8 Å². The molecule has 0 saturated heterocycles. The fourth-order valence-electron chi connectivity index (χ4n) is 1.76. The molecule has 4 atom stereocenters. The van der Waals surface area contributed by atoms with Gasteiger partial charge >= 0.3 is 126 Å². The van der Waals surface area contributed by atoms with Gasteiger partial charge in [-0.25, -0.2) is 0 Å². The Hall–Kier alpha value is 0.359. The molecule has 0 aromatic heterocycles. The monoisotopic (exact) mass is 323 g/mol. The van der Waals surface area contributed by atoms with E-state index in [0.717, 1.165) is 12.8 Å². The van der Waals surface area contributed by atoms with Crippen molar-refractivity contribution in [3.05, 3.63) is 0 Å². The molecule has 0 saturated carbocycles. The maximum atomic E-state index is 5.81. The Labute approximate surface area is 126 Å². The van der Waals surface area contributed by atoms with Crippen LogP contribution in [0.5, 0.6) is 0 Å². The zero-order chi connectivity index (χ0) is 15.0. The van der Waals surface area contributed by atoms with Crippen molar-refractivity contribution < 1.29 is 23.3 Å². The first kappa shape index (κ1) is 19.4. The Morgan fingerprint density at radius 1 is 0.789 bits per heavy atom. The predicted molar refractivity (Wildman–Crippen MR) is 76.0 cm³/mol. The van der Waals surface area contributed by atoms with Gasteiger partial charge < -0.3 is 0 Å². The van der Waals surface area contributed by atoms with Gasteiger partial charge in [-0.1, -0.05) is 0 Å². The molecule has 0 N–H and O–H groups in total. The van der Waals surface area contributed by atoms with Gasteiger partial charge in [0.1, 0.15) is 0 Å². The number of hydrogen-bond acceptors (Lipinski definition) is 4. The first-order valence-corrected chi connectivity index (χ1v) is 7.84. The van der Waals surface area contributed by atoms with Crippen molar-refractivity contribution in [2.75, 3.05) is 28.2 Å². The molecule has 4 unspecified atom stereocenters. The van der Waals surface area contributed by atoms with E-state index in [9.17, 15) is 0 Å². The molecule has 0 aromatic rings. The standard InChI is InChI=1S/2C7H16NO.Cu/c2*1-5-6(2)7(9)8(3)4;/h2*6-7H,5H2,1-4H3;/q2*-1;+2. The van der Waals surface area contributed by atoms with Gasteiger partial charge in [0.15, 0.2) is 0 Å². The van der Waals surface area contributed by atoms with E-state index in [1.54, 1.807) is 0 Å². The minimum absolute atomic E-state index is 0.0738. The van der Waals surface area contributed by atoms with E-state index in [4.69, 9.17) is 7.64 Å². The summed E-state index contributed by atoms with van der Waals surface area (Å²) in [4.78, 5) is 4.19. The van der Waals surface area contributed by atoms with Crippen molar-refractivity contribution in [3.63, 3.8) is 0 Å². The third kappa shape index (κ3) is 7.07. The van der Waals surface area contributed by atoms with Crippen LogP contribution in [0.25, 0.3) is 0 Å². The van der Waals surface area contributed by atoms with Crippen LogP contribution in [0.2, 0.25) is 0 Å². The number of hydrogen-bond donors (Lipinski definition) is 0. The van der Waals surface area contributed by atoms with Gasteiger partial charge in [-0.2, -0.15) is 0 Å². The molecule has 0 aliphatic rings. The fraction of sp³-hybridized carbons (Fsp3) is 1.00. The van der Waals surface area contributed by atoms with Gasteiger partial charge in [-0.3, -0.25) is 0 Å². The zero-order valence-electron chi connectivity index (χ0n) is 13.7. The Balaban J connectivity index is 4.29. The van der Waals surface area contributed by atoms with Crippen LogP contribution < -0.4 is 0 Å². The van der Waals surface area contributed by atoms with Gasteiger partial charge in [-0.15, -0.1) is 0 Å². The van der Waals surface area contributed by atoms with Gasteiger partial charge in [-0.05, 0) is 0 Å². The van der Waals surface area contributed by atoms with Crippen LogP contribution in [-0.2, 0) is 23.3 Å². The first-order valence-electron chi connectivity index (χ1n) is 7.07. The molecule has 121 valence electrons. The molecule has 0 spiro atoms. The Bertz CT molecular complexity index is 205. The summed E-state index contributed by atoms with van der Waals surface area (Å²) < 4.78 is 11.6. The maximum absolute atomic E-state index is 5.81. The van der Waals surface area contributed by atoms with Crippen LogP contribution in [0, 0.1) is 11.8 Å².